The lowest BCUT2D eigenvalue weighted by Crippen LogP contribution is -2.36. The summed E-state index contributed by atoms with van der Waals surface area (Å²) < 4.78 is 39.4. The van der Waals surface area contributed by atoms with Gasteiger partial charge in [0.05, 0.1) is 5.56 Å². The third kappa shape index (κ3) is 4.87. The van der Waals surface area contributed by atoms with Crippen LogP contribution in [0.2, 0.25) is 0 Å². The van der Waals surface area contributed by atoms with Crippen LogP contribution in [0.3, 0.4) is 0 Å². The molecule has 0 atom stereocenters. The highest BCUT2D eigenvalue weighted by molar-refractivity contribution is 5.73. The first kappa shape index (κ1) is 19.4. The molecule has 0 saturated carbocycles. The van der Waals surface area contributed by atoms with E-state index in [-0.39, 0.29) is 19.1 Å². The molecule has 0 fully saturated rings. The van der Waals surface area contributed by atoms with Gasteiger partial charge in [-0.15, -0.1) is 0 Å². The van der Waals surface area contributed by atoms with Crippen LogP contribution in [-0.2, 0) is 19.3 Å². The van der Waals surface area contributed by atoms with E-state index in [2.05, 4.69) is 15.4 Å². The molecule has 6 nitrogen and oxygen atoms in total. The molecule has 0 unspecified atom stereocenters. The zero-order valence-electron chi connectivity index (χ0n) is 15.0. The number of nitrogens with zero attached hydrogens (tertiary/aromatic N) is 4. The van der Waals surface area contributed by atoms with E-state index in [1.807, 2.05) is 6.07 Å². The number of carbonyl (C=O) groups is 1. The van der Waals surface area contributed by atoms with Crippen molar-refractivity contribution in [3.8, 4) is 5.82 Å². The highest BCUT2D eigenvalue weighted by Gasteiger charge is 2.29. The van der Waals surface area contributed by atoms with Gasteiger partial charge < -0.3 is 10.2 Å². The monoisotopic (exact) mass is 389 g/mol. The number of urea groups is 1. The van der Waals surface area contributed by atoms with Crippen molar-refractivity contribution in [1.82, 2.24) is 25.0 Å². The normalized spacial score (nSPS) is 11.3. The van der Waals surface area contributed by atoms with Crippen molar-refractivity contribution in [3.05, 3.63) is 77.7 Å². The second-order valence-electron chi connectivity index (χ2n) is 6.18. The molecule has 0 aliphatic heterocycles. The van der Waals surface area contributed by atoms with Crippen LogP contribution < -0.4 is 5.32 Å². The summed E-state index contributed by atoms with van der Waals surface area (Å²) >= 11 is 0. The predicted molar refractivity (Wildman–Crippen MR) is 96.5 cm³/mol. The van der Waals surface area contributed by atoms with Gasteiger partial charge in [-0.3, -0.25) is 0 Å². The zero-order chi connectivity index (χ0) is 20.1. The summed E-state index contributed by atoms with van der Waals surface area (Å²) in [5.41, 5.74) is 0.706. The maximum absolute atomic E-state index is 12.6. The molecule has 3 aromatic rings. The number of pyridine rings is 1. The van der Waals surface area contributed by atoms with E-state index >= 15 is 0 Å². The van der Waals surface area contributed by atoms with E-state index in [4.69, 9.17) is 0 Å². The van der Waals surface area contributed by atoms with E-state index < -0.39 is 11.7 Å². The maximum atomic E-state index is 12.6. The summed E-state index contributed by atoms with van der Waals surface area (Å²) in [6.45, 7) is 0.475. The van der Waals surface area contributed by atoms with Gasteiger partial charge >= 0.3 is 12.2 Å². The van der Waals surface area contributed by atoms with Crippen molar-refractivity contribution >= 4 is 6.03 Å². The van der Waals surface area contributed by atoms with Gasteiger partial charge in [-0.05, 0) is 35.4 Å². The summed E-state index contributed by atoms with van der Waals surface area (Å²) in [6.07, 6.45) is 0.707. The number of hydrogen-bond donors (Lipinski definition) is 1. The van der Waals surface area contributed by atoms with Crippen LogP contribution in [0.5, 0.6) is 0 Å². The lowest BCUT2D eigenvalue weighted by atomic mass is 10.1. The average molecular weight is 389 g/mol. The van der Waals surface area contributed by atoms with Crippen LogP contribution >= 0.6 is 0 Å². The second-order valence-corrected chi connectivity index (χ2v) is 6.18. The molecule has 9 heteroatoms. The Bertz CT molecular complexity index is 906. The molecule has 3 rings (SSSR count). The number of benzene rings is 1. The van der Waals surface area contributed by atoms with Crippen molar-refractivity contribution in [2.24, 2.45) is 0 Å². The van der Waals surface area contributed by atoms with E-state index in [0.29, 0.717) is 11.4 Å². The number of nitrogens with one attached hydrogen (secondary N) is 1. The van der Waals surface area contributed by atoms with Crippen LogP contribution in [0.15, 0.2) is 61.1 Å². The first-order valence-electron chi connectivity index (χ1n) is 8.43. The number of aromatic nitrogens is 3. The summed E-state index contributed by atoms with van der Waals surface area (Å²) in [7, 11) is 1.58. The molecule has 0 aliphatic carbocycles. The topological polar surface area (TPSA) is 63.1 Å². The Morgan fingerprint density at radius 2 is 1.86 bits per heavy atom. The fraction of sp³-hybridized carbons (Fsp3) is 0.211. The third-order valence-electron chi connectivity index (χ3n) is 4.04. The molecule has 1 aromatic carbocycles. The summed E-state index contributed by atoms with van der Waals surface area (Å²) in [4.78, 5) is 17.9. The Morgan fingerprint density at radius 3 is 2.43 bits per heavy atom. The molecule has 0 spiro atoms. The first-order chi connectivity index (χ1) is 13.3. The molecule has 146 valence electrons. The van der Waals surface area contributed by atoms with Crippen molar-refractivity contribution in [2.75, 3.05) is 7.05 Å². The van der Waals surface area contributed by atoms with Gasteiger partial charge in [-0.1, -0.05) is 18.2 Å². The lowest BCUT2D eigenvalue weighted by Gasteiger charge is -2.18. The van der Waals surface area contributed by atoms with Crippen molar-refractivity contribution in [3.63, 3.8) is 0 Å². The number of carbonyl (C=O) groups excluding carboxylic acids is 1. The first-order valence-corrected chi connectivity index (χ1v) is 8.43. The van der Waals surface area contributed by atoms with Crippen molar-refractivity contribution < 1.29 is 18.0 Å². The molecule has 0 aliphatic rings. The van der Waals surface area contributed by atoms with Crippen LogP contribution in [0, 0.1) is 0 Å². The van der Waals surface area contributed by atoms with Gasteiger partial charge in [0, 0.05) is 38.7 Å². The molecular formula is C19H18F3N5O. The fourth-order valence-electron chi connectivity index (χ4n) is 2.52. The smallest absolute Gasteiger partial charge is 0.334 e. The molecule has 0 saturated heterocycles. The Kier molecular flexibility index (Phi) is 5.62. The highest BCUT2D eigenvalue weighted by atomic mass is 19.4. The Hall–Kier alpha value is -3.36. The minimum atomic E-state index is -4.37. The van der Waals surface area contributed by atoms with Crippen LogP contribution in [0.1, 0.15) is 16.7 Å². The summed E-state index contributed by atoms with van der Waals surface area (Å²) in [6, 6.07) is 9.83. The second kappa shape index (κ2) is 8.12. The number of amides is 2. The van der Waals surface area contributed by atoms with Gasteiger partial charge in [0.2, 0.25) is 0 Å². The third-order valence-corrected chi connectivity index (χ3v) is 4.04. The lowest BCUT2D eigenvalue weighted by molar-refractivity contribution is -0.137. The van der Waals surface area contributed by atoms with Gasteiger partial charge in [-0.2, -0.15) is 18.3 Å². The summed E-state index contributed by atoms with van der Waals surface area (Å²) in [5, 5.41) is 6.84. The molecule has 2 aromatic heterocycles. The molecule has 28 heavy (non-hydrogen) atoms. The SMILES string of the molecule is CN(Cc1ccc(C(F)(F)F)cc1)C(=O)NCc1ccc(-n2cccn2)nc1. The number of halogens is 3. The average Bonchev–Trinajstić information content (AvgIpc) is 3.21. The molecule has 1 N–H and O–H groups in total. The number of rotatable bonds is 5. The molecule has 2 heterocycles. The van der Waals surface area contributed by atoms with E-state index in [1.165, 1.54) is 17.0 Å². The Labute approximate surface area is 159 Å². The molecular weight excluding hydrogens is 371 g/mol. The largest absolute Gasteiger partial charge is 0.416 e. The summed E-state index contributed by atoms with van der Waals surface area (Å²) in [5.74, 6) is 0.666. The van der Waals surface area contributed by atoms with E-state index in [0.717, 1.165) is 17.7 Å². The van der Waals surface area contributed by atoms with Gasteiger partial charge in [0.25, 0.3) is 0 Å². The molecule has 0 bridgehead atoms. The van der Waals surface area contributed by atoms with Gasteiger partial charge in [0.1, 0.15) is 0 Å². The van der Waals surface area contributed by atoms with Crippen molar-refractivity contribution in [1.29, 1.82) is 0 Å². The molecule has 2 amide bonds. The standard InChI is InChI=1S/C19H18F3N5O/c1-26(13-14-3-6-16(7-4-14)19(20,21)22)18(28)24-12-15-5-8-17(23-11-15)27-10-2-9-25-27/h2-11H,12-13H2,1H3,(H,24,28). The minimum Gasteiger partial charge on any atom is -0.334 e. The number of hydrogen-bond acceptors (Lipinski definition) is 3. The Morgan fingerprint density at radius 1 is 1.14 bits per heavy atom. The predicted octanol–water partition coefficient (Wildman–Crippen LogP) is 3.63. The zero-order valence-corrected chi connectivity index (χ0v) is 15.0. The van der Waals surface area contributed by atoms with Gasteiger partial charge in [-0.25, -0.2) is 14.5 Å². The minimum absolute atomic E-state index is 0.195. The van der Waals surface area contributed by atoms with Crippen LogP contribution in [-0.4, -0.2) is 32.7 Å². The van der Waals surface area contributed by atoms with E-state index in [9.17, 15) is 18.0 Å². The van der Waals surface area contributed by atoms with E-state index in [1.54, 1.807) is 42.5 Å². The number of alkyl halides is 3. The van der Waals surface area contributed by atoms with Crippen LogP contribution in [0.4, 0.5) is 18.0 Å². The van der Waals surface area contributed by atoms with Crippen molar-refractivity contribution in [2.45, 2.75) is 19.3 Å². The quantitative estimate of drug-likeness (QED) is 0.725. The van der Waals surface area contributed by atoms with Crippen LogP contribution in [0.25, 0.3) is 5.82 Å². The molecule has 0 radical (unpaired) electrons. The fourth-order valence-corrected chi connectivity index (χ4v) is 2.52. The maximum Gasteiger partial charge on any atom is 0.416 e. The highest BCUT2D eigenvalue weighted by Crippen LogP contribution is 2.29. The van der Waals surface area contributed by atoms with Gasteiger partial charge in [0.15, 0.2) is 5.82 Å². The Balaban J connectivity index is 1.51.